The summed E-state index contributed by atoms with van der Waals surface area (Å²) in [5, 5.41) is 3.45. The van der Waals surface area contributed by atoms with Crippen LogP contribution in [0.4, 0.5) is 5.00 Å². The average Bonchev–Trinajstić information content (AvgIpc) is 3.29. The SMILES string of the molecule is Cc1cc(NC(=O)C(C)(C)C)sc1C(=O)N1CCN(S(=O)(=O)c2cc(C(N)=O)n(C)c2)CC1. The molecule has 33 heavy (non-hydrogen) atoms. The van der Waals surface area contributed by atoms with Crippen molar-refractivity contribution < 1.29 is 22.8 Å². The lowest BCUT2D eigenvalue weighted by atomic mass is 9.96. The summed E-state index contributed by atoms with van der Waals surface area (Å²) in [6, 6.07) is 3.03. The zero-order chi connectivity index (χ0) is 24.7. The number of piperazine rings is 1. The van der Waals surface area contributed by atoms with Crippen LogP contribution in [0.5, 0.6) is 0 Å². The molecule has 3 rings (SSSR count). The minimum atomic E-state index is -3.82. The highest BCUT2D eigenvalue weighted by Gasteiger charge is 2.33. The van der Waals surface area contributed by atoms with E-state index in [0.29, 0.717) is 9.88 Å². The van der Waals surface area contributed by atoms with Gasteiger partial charge in [-0.05, 0) is 24.6 Å². The maximum absolute atomic E-state index is 13.1. The number of nitrogens with zero attached hydrogens (tertiary/aromatic N) is 3. The summed E-state index contributed by atoms with van der Waals surface area (Å²) in [5.41, 5.74) is 5.59. The third kappa shape index (κ3) is 5.12. The lowest BCUT2D eigenvalue weighted by Gasteiger charge is -2.33. The fourth-order valence-electron chi connectivity index (χ4n) is 3.40. The molecule has 2 aromatic rings. The molecule has 1 aliphatic heterocycles. The minimum absolute atomic E-state index is 0.00749. The van der Waals surface area contributed by atoms with Crippen LogP contribution in [0.25, 0.3) is 0 Å². The predicted octanol–water partition coefficient (Wildman–Crippen LogP) is 1.63. The summed E-state index contributed by atoms with van der Waals surface area (Å²) in [6.07, 6.45) is 1.36. The number of aryl methyl sites for hydroxylation is 2. The lowest BCUT2D eigenvalue weighted by molar-refractivity contribution is -0.123. The average molecular weight is 496 g/mol. The van der Waals surface area contributed by atoms with Crippen molar-refractivity contribution in [1.82, 2.24) is 13.8 Å². The van der Waals surface area contributed by atoms with Crippen LogP contribution >= 0.6 is 11.3 Å². The minimum Gasteiger partial charge on any atom is -0.364 e. The number of nitrogens with one attached hydrogen (secondary N) is 1. The summed E-state index contributed by atoms with van der Waals surface area (Å²) in [4.78, 5) is 38.9. The van der Waals surface area contributed by atoms with E-state index < -0.39 is 21.3 Å². The third-order valence-corrected chi connectivity index (χ3v) is 8.43. The number of aromatic nitrogens is 1. The van der Waals surface area contributed by atoms with Crippen molar-refractivity contribution in [1.29, 1.82) is 0 Å². The van der Waals surface area contributed by atoms with Crippen LogP contribution in [0.1, 0.15) is 46.5 Å². The van der Waals surface area contributed by atoms with Crippen molar-refractivity contribution in [2.45, 2.75) is 32.6 Å². The first kappa shape index (κ1) is 24.9. The van der Waals surface area contributed by atoms with Crippen molar-refractivity contribution in [3.63, 3.8) is 0 Å². The maximum atomic E-state index is 13.1. The second-order valence-electron chi connectivity index (χ2n) is 9.06. The van der Waals surface area contributed by atoms with E-state index in [1.165, 1.54) is 32.5 Å². The lowest BCUT2D eigenvalue weighted by Crippen LogP contribution is -2.50. The van der Waals surface area contributed by atoms with Crippen molar-refractivity contribution >= 4 is 44.1 Å². The molecule has 0 aromatic carbocycles. The molecule has 180 valence electrons. The van der Waals surface area contributed by atoms with Gasteiger partial charge in [-0.15, -0.1) is 11.3 Å². The van der Waals surface area contributed by atoms with Crippen LogP contribution in [0.15, 0.2) is 23.2 Å². The quantitative estimate of drug-likeness (QED) is 0.650. The van der Waals surface area contributed by atoms with Crippen molar-refractivity contribution in [3.05, 3.63) is 34.5 Å². The number of nitrogens with two attached hydrogens (primary N) is 1. The topological polar surface area (TPSA) is 135 Å². The van der Waals surface area contributed by atoms with Crippen LogP contribution in [-0.4, -0.2) is 66.1 Å². The number of anilines is 1. The van der Waals surface area contributed by atoms with Gasteiger partial charge in [-0.1, -0.05) is 20.8 Å². The number of thiophene rings is 1. The van der Waals surface area contributed by atoms with Crippen LogP contribution in [-0.2, 0) is 21.9 Å². The predicted molar refractivity (Wildman–Crippen MR) is 126 cm³/mol. The molecule has 0 aliphatic carbocycles. The number of hydrogen-bond acceptors (Lipinski definition) is 6. The Kier molecular flexibility index (Phi) is 6.74. The van der Waals surface area contributed by atoms with Gasteiger partial charge in [0, 0.05) is 44.8 Å². The summed E-state index contributed by atoms with van der Waals surface area (Å²) >= 11 is 1.21. The molecule has 1 aliphatic rings. The Morgan fingerprint density at radius 1 is 1.09 bits per heavy atom. The molecule has 3 amide bonds. The molecule has 0 unspecified atom stereocenters. The first-order valence-corrected chi connectivity index (χ1v) is 12.6. The van der Waals surface area contributed by atoms with Crippen molar-refractivity contribution in [2.24, 2.45) is 18.2 Å². The van der Waals surface area contributed by atoms with E-state index in [-0.39, 0.29) is 48.6 Å². The Balaban J connectivity index is 1.69. The van der Waals surface area contributed by atoms with Crippen LogP contribution in [0, 0.1) is 12.3 Å². The first-order chi connectivity index (χ1) is 15.2. The van der Waals surface area contributed by atoms with Crippen molar-refractivity contribution in [3.8, 4) is 0 Å². The number of amides is 3. The van der Waals surface area contributed by atoms with Crippen LogP contribution in [0.3, 0.4) is 0 Å². The highest BCUT2D eigenvalue weighted by molar-refractivity contribution is 7.89. The number of carbonyl (C=O) groups excluding carboxylic acids is 3. The zero-order valence-corrected chi connectivity index (χ0v) is 21.0. The molecule has 10 nitrogen and oxygen atoms in total. The number of rotatable bonds is 5. The van der Waals surface area contributed by atoms with Crippen LogP contribution < -0.4 is 11.1 Å². The molecule has 0 saturated carbocycles. The summed E-state index contributed by atoms with van der Waals surface area (Å²) in [5.74, 6) is -1.04. The van der Waals surface area contributed by atoms with Gasteiger partial charge in [0.2, 0.25) is 15.9 Å². The molecule has 3 N–H and O–H groups in total. The fraction of sp³-hybridized carbons (Fsp3) is 0.476. The Morgan fingerprint density at radius 2 is 1.70 bits per heavy atom. The second-order valence-corrected chi connectivity index (χ2v) is 12.0. The number of sulfonamides is 1. The molecular weight excluding hydrogens is 466 g/mol. The molecule has 1 saturated heterocycles. The van der Waals surface area contributed by atoms with E-state index in [0.717, 1.165) is 5.56 Å². The standard InChI is InChI=1S/C21H29N5O5S2/c1-13-10-16(23-20(29)21(2,3)4)32-17(13)19(28)25-6-8-26(9-7-25)33(30,31)14-11-15(18(22)27)24(5)12-14/h10-12H,6-9H2,1-5H3,(H2,22,27)(H,23,29). The van der Waals surface area contributed by atoms with Gasteiger partial charge in [-0.25, -0.2) is 8.42 Å². The van der Waals surface area contributed by atoms with E-state index in [4.69, 9.17) is 5.73 Å². The second kappa shape index (κ2) is 8.92. The molecule has 0 bridgehead atoms. The van der Waals surface area contributed by atoms with E-state index in [2.05, 4.69) is 5.32 Å². The Labute approximate surface area is 197 Å². The highest BCUT2D eigenvalue weighted by atomic mass is 32.2. The molecule has 12 heteroatoms. The van der Waals surface area contributed by atoms with Crippen LogP contribution in [0.2, 0.25) is 0 Å². The van der Waals surface area contributed by atoms with Gasteiger partial charge >= 0.3 is 0 Å². The Morgan fingerprint density at radius 3 is 2.21 bits per heavy atom. The smallest absolute Gasteiger partial charge is 0.265 e. The van der Waals surface area contributed by atoms with E-state index in [1.807, 2.05) is 27.7 Å². The van der Waals surface area contributed by atoms with Crippen molar-refractivity contribution in [2.75, 3.05) is 31.5 Å². The Bertz CT molecular complexity index is 1200. The van der Waals surface area contributed by atoms with Gasteiger partial charge in [0.05, 0.1) is 9.88 Å². The fourth-order valence-corrected chi connectivity index (χ4v) is 5.93. The first-order valence-electron chi connectivity index (χ1n) is 10.4. The van der Waals surface area contributed by atoms with Gasteiger partial charge < -0.3 is 20.5 Å². The Hall–Kier alpha value is -2.70. The number of carbonyl (C=O) groups is 3. The normalized spacial score (nSPS) is 15.5. The van der Waals surface area contributed by atoms with Gasteiger partial charge in [0.25, 0.3) is 11.8 Å². The largest absolute Gasteiger partial charge is 0.364 e. The number of primary amides is 1. The molecule has 3 heterocycles. The van der Waals surface area contributed by atoms with Gasteiger partial charge in [-0.2, -0.15) is 4.31 Å². The van der Waals surface area contributed by atoms with E-state index in [9.17, 15) is 22.8 Å². The monoisotopic (exact) mass is 495 g/mol. The maximum Gasteiger partial charge on any atom is 0.265 e. The molecular formula is C21H29N5O5S2. The summed E-state index contributed by atoms with van der Waals surface area (Å²) in [7, 11) is -2.27. The molecule has 0 spiro atoms. The molecule has 1 fully saturated rings. The molecule has 2 aromatic heterocycles. The molecule has 0 atom stereocenters. The van der Waals surface area contributed by atoms with Gasteiger partial charge in [0.1, 0.15) is 10.6 Å². The number of hydrogen-bond donors (Lipinski definition) is 2. The third-order valence-electron chi connectivity index (χ3n) is 5.43. The van der Waals surface area contributed by atoms with E-state index >= 15 is 0 Å². The van der Waals surface area contributed by atoms with E-state index in [1.54, 1.807) is 18.0 Å². The van der Waals surface area contributed by atoms with Gasteiger partial charge in [0.15, 0.2) is 0 Å². The van der Waals surface area contributed by atoms with Gasteiger partial charge in [-0.3, -0.25) is 14.4 Å². The summed E-state index contributed by atoms with van der Waals surface area (Å²) in [6.45, 7) is 7.97. The zero-order valence-electron chi connectivity index (χ0n) is 19.3. The highest BCUT2D eigenvalue weighted by Crippen LogP contribution is 2.30. The molecule has 0 radical (unpaired) electrons. The summed E-state index contributed by atoms with van der Waals surface area (Å²) < 4.78 is 28.6.